The molecule has 0 aliphatic rings. The average molecular weight is 317 g/mol. The molecule has 0 heterocycles. The molecule has 1 N–H and O–H groups in total. The number of benzene rings is 2. The zero-order valence-electron chi connectivity index (χ0n) is 12.7. The molecule has 0 bridgehead atoms. The molecule has 0 radical (unpaired) electrons. The Morgan fingerprint density at radius 2 is 1.86 bits per heavy atom. The Labute approximate surface area is 134 Å². The maximum atomic E-state index is 12.0. The van der Waals surface area contributed by atoms with Gasteiger partial charge in [0, 0.05) is 23.1 Å². The molecule has 0 unspecified atom stereocenters. The van der Waals surface area contributed by atoms with Gasteiger partial charge in [0.25, 0.3) is 0 Å². The van der Waals surface area contributed by atoms with Crippen LogP contribution in [0.15, 0.2) is 53.4 Å². The van der Waals surface area contributed by atoms with Crippen molar-refractivity contribution in [2.45, 2.75) is 11.3 Å². The first-order chi connectivity index (χ1) is 10.7. The van der Waals surface area contributed by atoms with Crippen LogP contribution in [0.2, 0.25) is 0 Å². The maximum Gasteiger partial charge on any atom is 0.225 e. The number of thioether (sulfide) groups is 1. The van der Waals surface area contributed by atoms with Crippen LogP contribution in [0, 0.1) is 0 Å². The normalized spacial score (nSPS) is 10.1. The zero-order valence-corrected chi connectivity index (χ0v) is 13.5. The summed E-state index contributed by atoms with van der Waals surface area (Å²) in [7, 11) is 3.16. The third kappa shape index (κ3) is 4.70. The fraction of sp³-hybridized carbons (Fsp3) is 0.235. The third-order valence-corrected chi connectivity index (χ3v) is 4.04. The van der Waals surface area contributed by atoms with Crippen LogP contribution in [0.5, 0.6) is 11.5 Å². The van der Waals surface area contributed by atoms with Crippen molar-refractivity contribution < 1.29 is 14.3 Å². The summed E-state index contributed by atoms with van der Waals surface area (Å²) >= 11 is 1.66. The van der Waals surface area contributed by atoms with Crippen LogP contribution in [0.25, 0.3) is 0 Å². The first-order valence-electron chi connectivity index (χ1n) is 6.92. The first-order valence-corrected chi connectivity index (χ1v) is 7.91. The first kappa shape index (κ1) is 16.2. The highest BCUT2D eigenvalue weighted by atomic mass is 32.2. The molecule has 0 aliphatic carbocycles. The Morgan fingerprint density at radius 1 is 1.09 bits per heavy atom. The summed E-state index contributed by atoms with van der Waals surface area (Å²) in [5.74, 6) is 1.97. The van der Waals surface area contributed by atoms with Gasteiger partial charge in [-0.25, -0.2) is 0 Å². The average Bonchev–Trinajstić information content (AvgIpc) is 2.55. The number of hydrogen-bond acceptors (Lipinski definition) is 4. The van der Waals surface area contributed by atoms with Crippen LogP contribution in [0.1, 0.15) is 6.42 Å². The Hall–Kier alpha value is -2.14. The van der Waals surface area contributed by atoms with Gasteiger partial charge in [0.2, 0.25) is 5.91 Å². The van der Waals surface area contributed by atoms with Crippen molar-refractivity contribution in [3.63, 3.8) is 0 Å². The Bertz CT molecular complexity index is 617. The van der Waals surface area contributed by atoms with E-state index in [1.54, 1.807) is 44.2 Å². The number of ether oxygens (including phenoxy) is 2. The van der Waals surface area contributed by atoms with Gasteiger partial charge in [-0.05, 0) is 24.3 Å². The summed E-state index contributed by atoms with van der Waals surface area (Å²) < 4.78 is 10.4. The van der Waals surface area contributed by atoms with E-state index in [-0.39, 0.29) is 5.91 Å². The summed E-state index contributed by atoms with van der Waals surface area (Å²) in [5.41, 5.74) is 0.622. The number of methoxy groups -OCH3 is 2. The molecule has 5 heteroatoms. The third-order valence-electron chi connectivity index (χ3n) is 3.02. The van der Waals surface area contributed by atoms with Crippen molar-refractivity contribution in [1.82, 2.24) is 0 Å². The van der Waals surface area contributed by atoms with E-state index >= 15 is 0 Å². The van der Waals surface area contributed by atoms with E-state index in [2.05, 4.69) is 5.32 Å². The number of anilines is 1. The number of rotatable bonds is 7. The summed E-state index contributed by atoms with van der Waals surface area (Å²) in [5, 5.41) is 2.87. The highest BCUT2D eigenvalue weighted by molar-refractivity contribution is 7.99. The van der Waals surface area contributed by atoms with Gasteiger partial charge in [0.1, 0.15) is 11.5 Å². The summed E-state index contributed by atoms with van der Waals surface area (Å²) in [6.45, 7) is 0. The van der Waals surface area contributed by atoms with Crippen LogP contribution in [0.4, 0.5) is 5.69 Å². The number of amides is 1. The molecule has 0 aliphatic heterocycles. The second-order valence-electron chi connectivity index (χ2n) is 4.53. The van der Waals surface area contributed by atoms with Gasteiger partial charge in [-0.15, -0.1) is 11.8 Å². The molecule has 0 spiro atoms. The lowest BCUT2D eigenvalue weighted by Crippen LogP contribution is -2.13. The van der Waals surface area contributed by atoms with E-state index < -0.39 is 0 Å². The molecule has 1 amide bonds. The molecule has 0 saturated carbocycles. The minimum atomic E-state index is -0.0463. The van der Waals surface area contributed by atoms with Crippen LogP contribution in [-0.2, 0) is 4.79 Å². The fourth-order valence-electron chi connectivity index (χ4n) is 1.90. The van der Waals surface area contributed by atoms with Crippen LogP contribution >= 0.6 is 11.8 Å². The van der Waals surface area contributed by atoms with Gasteiger partial charge in [-0.3, -0.25) is 4.79 Å². The van der Waals surface area contributed by atoms with Crippen LogP contribution in [0.3, 0.4) is 0 Å². The summed E-state index contributed by atoms with van der Waals surface area (Å²) in [6.07, 6.45) is 0.430. The highest BCUT2D eigenvalue weighted by Gasteiger charge is 2.09. The second kappa shape index (κ2) is 8.34. The number of carbonyl (C=O) groups excluding carboxylic acids is 1. The van der Waals surface area contributed by atoms with Gasteiger partial charge in [0.05, 0.1) is 19.9 Å². The van der Waals surface area contributed by atoms with Crippen molar-refractivity contribution in [3.05, 3.63) is 48.5 Å². The predicted octanol–water partition coefficient (Wildman–Crippen LogP) is 3.82. The minimum absolute atomic E-state index is 0.0463. The molecule has 116 valence electrons. The van der Waals surface area contributed by atoms with Crippen LogP contribution in [-0.4, -0.2) is 25.9 Å². The van der Waals surface area contributed by atoms with E-state index in [4.69, 9.17) is 9.47 Å². The fourth-order valence-corrected chi connectivity index (χ4v) is 2.78. The molecule has 22 heavy (non-hydrogen) atoms. The number of nitrogens with one attached hydrogen (secondary N) is 1. The molecule has 4 nitrogen and oxygen atoms in total. The monoisotopic (exact) mass is 317 g/mol. The molecule has 0 saturated heterocycles. The lowest BCUT2D eigenvalue weighted by molar-refractivity contribution is -0.115. The van der Waals surface area contributed by atoms with Gasteiger partial charge in [-0.2, -0.15) is 0 Å². The standard InChI is InChI=1S/C17H19NO3S/c1-20-13-8-9-16(21-2)15(12-13)18-17(19)10-11-22-14-6-4-3-5-7-14/h3-9,12H,10-11H2,1-2H3,(H,18,19). The molecule has 0 aromatic heterocycles. The lowest BCUT2D eigenvalue weighted by Gasteiger charge is -2.11. The molecular formula is C17H19NO3S. The predicted molar refractivity (Wildman–Crippen MR) is 90.0 cm³/mol. The smallest absolute Gasteiger partial charge is 0.225 e. The van der Waals surface area contributed by atoms with Crippen molar-refractivity contribution in [2.75, 3.05) is 25.3 Å². The number of hydrogen-bond donors (Lipinski definition) is 1. The largest absolute Gasteiger partial charge is 0.497 e. The summed E-state index contributed by atoms with van der Waals surface area (Å²) in [4.78, 5) is 13.2. The zero-order chi connectivity index (χ0) is 15.8. The maximum absolute atomic E-state index is 12.0. The molecule has 2 aromatic rings. The van der Waals surface area contributed by atoms with Crippen molar-refractivity contribution in [1.29, 1.82) is 0 Å². The topological polar surface area (TPSA) is 47.6 Å². The highest BCUT2D eigenvalue weighted by Crippen LogP contribution is 2.29. The van der Waals surface area contributed by atoms with E-state index in [1.165, 1.54) is 0 Å². The van der Waals surface area contributed by atoms with Gasteiger partial charge < -0.3 is 14.8 Å². The van der Waals surface area contributed by atoms with E-state index in [0.717, 1.165) is 10.6 Å². The summed E-state index contributed by atoms with van der Waals surface area (Å²) in [6, 6.07) is 15.3. The quantitative estimate of drug-likeness (QED) is 0.789. The van der Waals surface area contributed by atoms with E-state index in [0.29, 0.717) is 23.6 Å². The van der Waals surface area contributed by atoms with Crippen molar-refractivity contribution >= 4 is 23.4 Å². The Balaban J connectivity index is 1.89. The van der Waals surface area contributed by atoms with Gasteiger partial charge >= 0.3 is 0 Å². The number of carbonyl (C=O) groups is 1. The second-order valence-corrected chi connectivity index (χ2v) is 5.69. The van der Waals surface area contributed by atoms with E-state index in [1.807, 2.05) is 30.3 Å². The SMILES string of the molecule is COc1ccc(OC)c(NC(=O)CCSc2ccccc2)c1. The molecule has 0 atom stereocenters. The Kier molecular flexibility index (Phi) is 6.15. The minimum Gasteiger partial charge on any atom is -0.497 e. The molecule has 2 rings (SSSR count). The van der Waals surface area contributed by atoms with Gasteiger partial charge in [0.15, 0.2) is 0 Å². The van der Waals surface area contributed by atoms with Crippen LogP contribution < -0.4 is 14.8 Å². The molecular weight excluding hydrogens is 298 g/mol. The Morgan fingerprint density at radius 3 is 2.55 bits per heavy atom. The van der Waals surface area contributed by atoms with Crippen molar-refractivity contribution in [2.24, 2.45) is 0 Å². The lowest BCUT2D eigenvalue weighted by atomic mass is 10.2. The molecule has 2 aromatic carbocycles. The van der Waals surface area contributed by atoms with Gasteiger partial charge in [-0.1, -0.05) is 18.2 Å². The molecule has 0 fully saturated rings. The van der Waals surface area contributed by atoms with E-state index in [9.17, 15) is 4.79 Å². The van der Waals surface area contributed by atoms with Crippen molar-refractivity contribution in [3.8, 4) is 11.5 Å².